The molecule has 0 aliphatic heterocycles. The summed E-state index contributed by atoms with van der Waals surface area (Å²) < 4.78 is 1.02. The Kier molecular flexibility index (Phi) is 3.24. The zero-order valence-corrected chi connectivity index (χ0v) is 14.3. The van der Waals surface area contributed by atoms with Gasteiger partial charge in [-0.3, -0.25) is 4.79 Å². The first-order valence-corrected chi connectivity index (χ1v) is 8.40. The second-order valence-corrected chi connectivity index (χ2v) is 7.07. The van der Waals surface area contributed by atoms with Gasteiger partial charge in [0.25, 0.3) is 0 Å². The number of rotatable bonds is 1. The van der Waals surface area contributed by atoms with E-state index in [1.807, 2.05) is 55.5 Å². The first-order valence-electron chi connectivity index (χ1n) is 7.61. The van der Waals surface area contributed by atoms with Crippen LogP contribution in [-0.2, 0) is 5.41 Å². The SMILES string of the molecule is CC1(c2ccc(Br)cc2)C=Cc2cc3ccccc3cc2C1=O. The van der Waals surface area contributed by atoms with Gasteiger partial charge in [0.15, 0.2) is 5.78 Å². The fourth-order valence-electron chi connectivity index (χ4n) is 3.23. The van der Waals surface area contributed by atoms with Crippen molar-refractivity contribution in [3.63, 3.8) is 0 Å². The summed E-state index contributed by atoms with van der Waals surface area (Å²) >= 11 is 3.45. The van der Waals surface area contributed by atoms with Gasteiger partial charge in [0, 0.05) is 10.0 Å². The average molecular weight is 363 g/mol. The Morgan fingerprint density at radius 1 is 0.913 bits per heavy atom. The second kappa shape index (κ2) is 5.17. The van der Waals surface area contributed by atoms with E-state index in [-0.39, 0.29) is 5.78 Å². The Morgan fingerprint density at radius 3 is 2.26 bits per heavy atom. The normalized spacial score (nSPS) is 19.8. The maximum Gasteiger partial charge on any atom is 0.177 e. The minimum atomic E-state index is -0.615. The van der Waals surface area contributed by atoms with E-state index in [0.29, 0.717) is 0 Å². The lowest BCUT2D eigenvalue weighted by Gasteiger charge is -2.29. The summed E-state index contributed by atoms with van der Waals surface area (Å²) in [4.78, 5) is 13.2. The van der Waals surface area contributed by atoms with Crippen LogP contribution in [0.4, 0.5) is 0 Å². The molecule has 23 heavy (non-hydrogen) atoms. The van der Waals surface area contributed by atoms with Crippen LogP contribution in [0.15, 0.2) is 71.2 Å². The van der Waals surface area contributed by atoms with Crippen LogP contribution >= 0.6 is 15.9 Å². The molecule has 1 nitrogen and oxygen atoms in total. The Hall–Kier alpha value is -2.19. The molecule has 1 unspecified atom stereocenters. The van der Waals surface area contributed by atoms with E-state index < -0.39 is 5.41 Å². The molecule has 0 heterocycles. The molecule has 0 amide bonds. The fraction of sp³-hybridized carbons (Fsp3) is 0.0952. The number of allylic oxidation sites excluding steroid dienone is 1. The summed E-state index contributed by atoms with van der Waals surface area (Å²) in [5.41, 5.74) is 2.21. The molecule has 112 valence electrons. The molecule has 2 heteroatoms. The van der Waals surface area contributed by atoms with Crippen LogP contribution in [0.1, 0.15) is 28.4 Å². The van der Waals surface area contributed by atoms with Gasteiger partial charge >= 0.3 is 0 Å². The third kappa shape index (κ3) is 2.25. The highest BCUT2D eigenvalue weighted by molar-refractivity contribution is 9.10. The Labute approximate surface area is 143 Å². The summed E-state index contributed by atoms with van der Waals surface area (Å²) in [6, 6.07) is 20.3. The summed E-state index contributed by atoms with van der Waals surface area (Å²) in [6.07, 6.45) is 4.10. The van der Waals surface area contributed by atoms with Gasteiger partial charge in [-0.2, -0.15) is 0 Å². The summed E-state index contributed by atoms with van der Waals surface area (Å²) in [5, 5.41) is 2.27. The van der Waals surface area contributed by atoms with E-state index in [0.717, 1.165) is 31.9 Å². The molecule has 3 aromatic rings. The summed E-state index contributed by atoms with van der Waals surface area (Å²) in [5.74, 6) is 0.156. The number of halogens is 1. The van der Waals surface area contributed by atoms with Crippen LogP contribution in [0.25, 0.3) is 16.8 Å². The highest BCUT2D eigenvalue weighted by Gasteiger charge is 2.36. The second-order valence-electron chi connectivity index (χ2n) is 6.16. The van der Waals surface area contributed by atoms with Crippen LogP contribution in [0.3, 0.4) is 0 Å². The molecule has 0 bridgehead atoms. The van der Waals surface area contributed by atoms with Crippen molar-refractivity contribution in [2.45, 2.75) is 12.3 Å². The van der Waals surface area contributed by atoms with Gasteiger partial charge in [-0.05, 0) is 53.1 Å². The van der Waals surface area contributed by atoms with Crippen molar-refractivity contribution < 1.29 is 4.79 Å². The molecule has 3 aromatic carbocycles. The van der Waals surface area contributed by atoms with Crippen LogP contribution in [0, 0.1) is 0 Å². The maximum atomic E-state index is 13.2. The van der Waals surface area contributed by atoms with E-state index in [2.05, 4.69) is 40.2 Å². The van der Waals surface area contributed by atoms with Crippen LogP contribution in [0.2, 0.25) is 0 Å². The van der Waals surface area contributed by atoms with Crippen LogP contribution < -0.4 is 0 Å². The lowest BCUT2D eigenvalue weighted by molar-refractivity contribution is 0.0925. The molecule has 0 fully saturated rings. The monoisotopic (exact) mass is 362 g/mol. The molecule has 0 saturated carbocycles. The van der Waals surface area contributed by atoms with Crippen LogP contribution in [0.5, 0.6) is 0 Å². The van der Waals surface area contributed by atoms with Gasteiger partial charge in [0.1, 0.15) is 0 Å². The molecular weight excluding hydrogens is 348 g/mol. The zero-order valence-electron chi connectivity index (χ0n) is 12.7. The van der Waals surface area contributed by atoms with Crippen molar-refractivity contribution in [1.29, 1.82) is 0 Å². The largest absolute Gasteiger partial charge is 0.293 e. The predicted molar refractivity (Wildman–Crippen MR) is 98.8 cm³/mol. The van der Waals surface area contributed by atoms with Crippen molar-refractivity contribution in [2.75, 3.05) is 0 Å². The number of ketones is 1. The summed E-state index contributed by atoms with van der Waals surface area (Å²) in [7, 11) is 0. The number of hydrogen-bond donors (Lipinski definition) is 0. The first kappa shape index (κ1) is 14.4. The zero-order chi connectivity index (χ0) is 16.0. The van der Waals surface area contributed by atoms with Gasteiger partial charge in [0.05, 0.1) is 5.41 Å². The summed E-state index contributed by atoms with van der Waals surface area (Å²) in [6.45, 7) is 1.99. The molecule has 0 N–H and O–H groups in total. The Balaban J connectivity index is 1.89. The number of carbonyl (C=O) groups is 1. The quantitative estimate of drug-likeness (QED) is 0.536. The minimum absolute atomic E-state index is 0.156. The third-order valence-corrected chi connectivity index (χ3v) is 5.20. The van der Waals surface area contributed by atoms with E-state index in [9.17, 15) is 4.79 Å². The molecular formula is C21H15BrO. The van der Waals surface area contributed by atoms with Crippen molar-refractivity contribution in [3.05, 3.63) is 87.9 Å². The number of hydrogen-bond acceptors (Lipinski definition) is 1. The minimum Gasteiger partial charge on any atom is -0.293 e. The van der Waals surface area contributed by atoms with E-state index in [1.54, 1.807) is 0 Å². The van der Waals surface area contributed by atoms with Gasteiger partial charge in [-0.15, -0.1) is 0 Å². The first-order chi connectivity index (χ1) is 11.1. The number of benzene rings is 3. The lowest BCUT2D eigenvalue weighted by Crippen LogP contribution is -2.33. The predicted octanol–water partition coefficient (Wildman–Crippen LogP) is 5.77. The smallest absolute Gasteiger partial charge is 0.177 e. The van der Waals surface area contributed by atoms with Crippen LogP contribution in [-0.4, -0.2) is 5.78 Å². The molecule has 0 saturated heterocycles. The van der Waals surface area contributed by atoms with E-state index in [4.69, 9.17) is 0 Å². The average Bonchev–Trinajstić information content (AvgIpc) is 2.58. The van der Waals surface area contributed by atoms with E-state index in [1.165, 1.54) is 0 Å². The topological polar surface area (TPSA) is 17.1 Å². The lowest BCUT2D eigenvalue weighted by atomic mass is 9.71. The molecule has 0 radical (unpaired) electrons. The fourth-order valence-corrected chi connectivity index (χ4v) is 3.49. The van der Waals surface area contributed by atoms with Crippen molar-refractivity contribution >= 4 is 38.6 Å². The van der Waals surface area contributed by atoms with Crippen molar-refractivity contribution in [1.82, 2.24) is 0 Å². The van der Waals surface area contributed by atoms with Gasteiger partial charge in [-0.1, -0.05) is 64.5 Å². The Bertz CT molecular complexity index is 953. The highest BCUT2D eigenvalue weighted by atomic mass is 79.9. The molecule has 1 atom stereocenters. The molecule has 0 aromatic heterocycles. The number of carbonyl (C=O) groups excluding carboxylic acids is 1. The molecule has 0 spiro atoms. The molecule has 1 aliphatic rings. The molecule has 4 rings (SSSR count). The number of Topliss-reactive ketones (excluding diaryl/α,β-unsaturated/α-hetero) is 1. The maximum absolute atomic E-state index is 13.2. The third-order valence-electron chi connectivity index (χ3n) is 4.67. The van der Waals surface area contributed by atoms with Gasteiger partial charge in [-0.25, -0.2) is 0 Å². The van der Waals surface area contributed by atoms with Crippen molar-refractivity contribution in [2.24, 2.45) is 0 Å². The molecule has 1 aliphatic carbocycles. The van der Waals surface area contributed by atoms with E-state index >= 15 is 0 Å². The Morgan fingerprint density at radius 2 is 1.57 bits per heavy atom. The van der Waals surface area contributed by atoms with Gasteiger partial charge in [0.2, 0.25) is 0 Å². The van der Waals surface area contributed by atoms with Gasteiger partial charge < -0.3 is 0 Å². The van der Waals surface area contributed by atoms with Crippen molar-refractivity contribution in [3.8, 4) is 0 Å². The number of fused-ring (bicyclic) bond motifs is 2. The standard InChI is InChI=1S/C21H15BrO/c1-21(17-6-8-18(22)9-7-17)11-10-16-12-14-4-2-3-5-15(14)13-19(16)20(21)23/h2-13H,1H3. The highest BCUT2D eigenvalue weighted by Crippen LogP contribution is 2.37.